The summed E-state index contributed by atoms with van der Waals surface area (Å²) in [6.07, 6.45) is 0.806. The summed E-state index contributed by atoms with van der Waals surface area (Å²) in [6, 6.07) is 7.35. The summed E-state index contributed by atoms with van der Waals surface area (Å²) in [5, 5.41) is 9.48. The molecule has 138 valence electrons. The van der Waals surface area contributed by atoms with E-state index in [1.165, 1.54) is 10.5 Å². The van der Waals surface area contributed by atoms with E-state index in [0.717, 1.165) is 18.0 Å². The average Bonchev–Trinajstić information content (AvgIpc) is 2.88. The molecule has 1 saturated heterocycles. The predicted molar refractivity (Wildman–Crippen MR) is 110 cm³/mol. The highest BCUT2D eigenvalue weighted by atomic mass is 127. The van der Waals surface area contributed by atoms with Crippen molar-refractivity contribution in [3.63, 3.8) is 0 Å². The number of guanidine groups is 1. The van der Waals surface area contributed by atoms with Crippen molar-refractivity contribution in [2.75, 3.05) is 32.7 Å². The van der Waals surface area contributed by atoms with Gasteiger partial charge in [-0.2, -0.15) is 0 Å². The molecular formula is C16H23ClIN5O2. The van der Waals surface area contributed by atoms with Gasteiger partial charge in [-0.05, 0) is 31.0 Å². The number of aliphatic imine (C=N–C) groups is 1. The summed E-state index contributed by atoms with van der Waals surface area (Å²) in [5.41, 5.74) is 1.17. The van der Waals surface area contributed by atoms with E-state index in [4.69, 9.17) is 11.6 Å². The maximum absolute atomic E-state index is 11.5. The third-order valence-corrected chi connectivity index (χ3v) is 3.74. The molecule has 1 aliphatic heterocycles. The second-order valence-electron chi connectivity index (χ2n) is 5.27. The second-order valence-corrected chi connectivity index (χ2v) is 5.70. The molecule has 2 rings (SSSR count). The molecule has 0 unspecified atom stereocenters. The van der Waals surface area contributed by atoms with E-state index in [1.807, 2.05) is 31.2 Å². The number of carbonyl (C=O) groups is 2. The van der Waals surface area contributed by atoms with Crippen LogP contribution in [0.1, 0.15) is 12.5 Å². The summed E-state index contributed by atoms with van der Waals surface area (Å²) in [7, 11) is 0. The standard InChI is InChI=1S/C16H22ClN5O2.HI/c1-2-18-15(19-8-7-12-3-5-13(17)6-4-12)20-9-10-22-14(23)11-21-16(22)24;/h3-6H,2,7-11H2,1H3,(H,21,24)(H2,18,19,20);1H. The molecule has 25 heavy (non-hydrogen) atoms. The summed E-state index contributed by atoms with van der Waals surface area (Å²) in [5.74, 6) is 0.463. The number of nitrogens with zero attached hydrogens (tertiary/aromatic N) is 2. The van der Waals surface area contributed by atoms with E-state index in [-0.39, 0.29) is 42.5 Å². The van der Waals surface area contributed by atoms with Crippen LogP contribution in [0.15, 0.2) is 29.3 Å². The zero-order valence-electron chi connectivity index (χ0n) is 14.0. The van der Waals surface area contributed by atoms with Gasteiger partial charge in [0.25, 0.3) is 0 Å². The van der Waals surface area contributed by atoms with Gasteiger partial charge < -0.3 is 16.0 Å². The van der Waals surface area contributed by atoms with Crippen LogP contribution in [0.2, 0.25) is 5.02 Å². The van der Waals surface area contributed by atoms with Gasteiger partial charge in [-0.3, -0.25) is 14.7 Å². The fourth-order valence-corrected chi connectivity index (χ4v) is 2.38. The molecule has 0 aliphatic carbocycles. The van der Waals surface area contributed by atoms with Crippen LogP contribution in [-0.4, -0.2) is 55.5 Å². The van der Waals surface area contributed by atoms with Crippen molar-refractivity contribution >= 4 is 53.5 Å². The normalized spacial score (nSPS) is 14.2. The minimum Gasteiger partial charge on any atom is -0.357 e. The van der Waals surface area contributed by atoms with Crippen molar-refractivity contribution in [3.8, 4) is 0 Å². The van der Waals surface area contributed by atoms with Gasteiger partial charge in [-0.15, -0.1) is 24.0 Å². The van der Waals surface area contributed by atoms with E-state index in [1.54, 1.807) is 0 Å². The average molecular weight is 480 g/mol. The zero-order chi connectivity index (χ0) is 17.4. The van der Waals surface area contributed by atoms with E-state index in [2.05, 4.69) is 20.9 Å². The number of imide groups is 1. The van der Waals surface area contributed by atoms with Crippen LogP contribution in [0.25, 0.3) is 0 Å². The zero-order valence-corrected chi connectivity index (χ0v) is 17.1. The third kappa shape index (κ3) is 7.07. The second kappa shape index (κ2) is 11.1. The Morgan fingerprint density at radius 3 is 2.60 bits per heavy atom. The summed E-state index contributed by atoms with van der Waals surface area (Å²) in [4.78, 5) is 28.6. The number of nitrogens with one attached hydrogen (secondary N) is 3. The SMILES string of the molecule is CCNC(=NCCc1ccc(Cl)cc1)NCCN1C(=O)CNC1=O.I. The van der Waals surface area contributed by atoms with Crippen molar-refractivity contribution < 1.29 is 9.59 Å². The molecule has 0 radical (unpaired) electrons. The maximum Gasteiger partial charge on any atom is 0.324 e. The van der Waals surface area contributed by atoms with E-state index in [0.29, 0.717) is 25.6 Å². The van der Waals surface area contributed by atoms with Gasteiger partial charge in [0, 0.05) is 31.2 Å². The van der Waals surface area contributed by atoms with Crippen molar-refractivity contribution in [1.29, 1.82) is 0 Å². The molecule has 3 N–H and O–H groups in total. The number of rotatable bonds is 7. The Bertz CT molecular complexity index is 593. The fraction of sp³-hybridized carbons (Fsp3) is 0.438. The Morgan fingerprint density at radius 2 is 2.00 bits per heavy atom. The van der Waals surface area contributed by atoms with Crippen molar-refractivity contribution in [2.24, 2.45) is 4.99 Å². The lowest BCUT2D eigenvalue weighted by Crippen LogP contribution is -2.43. The lowest BCUT2D eigenvalue weighted by atomic mass is 10.1. The topological polar surface area (TPSA) is 85.8 Å². The van der Waals surface area contributed by atoms with E-state index >= 15 is 0 Å². The Morgan fingerprint density at radius 1 is 1.28 bits per heavy atom. The minimum atomic E-state index is -0.341. The Kier molecular flexibility index (Phi) is 9.58. The lowest BCUT2D eigenvalue weighted by molar-refractivity contribution is -0.124. The lowest BCUT2D eigenvalue weighted by Gasteiger charge is -2.15. The molecular weight excluding hydrogens is 457 g/mol. The van der Waals surface area contributed by atoms with Crippen LogP contribution >= 0.6 is 35.6 Å². The number of carbonyl (C=O) groups excluding carboxylic acids is 2. The molecule has 0 aromatic heterocycles. The van der Waals surface area contributed by atoms with Crippen LogP contribution in [0, 0.1) is 0 Å². The first-order chi connectivity index (χ1) is 11.6. The molecule has 3 amide bonds. The molecule has 9 heteroatoms. The monoisotopic (exact) mass is 479 g/mol. The highest BCUT2D eigenvalue weighted by molar-refractivity contribution is 14.0. The molecule has 1 aliphatic rings. The molecule has 0 atom stereocenters. The fourth-order valence-electron chi connectivity index (χ4n) is 2.26. The minimum absolute atomic E-state index is 0. The predicted octanol–water partition coefficient (Wildman–Crippen LogP) is 1.61. The Labute approximate surface area is 169 Å². The van der Waals surface area contributed by atoms with Gasteiger partial charge in [0.05, 0.1) is 6.54 Å². The first-order valence-electron chi connectivity index (χ1n) is 7.95. The molecule has 1 aromatic rings. The van der Waals surface area contributed by atoms with E-state index < -0.39 is 0 Å². The largest absolute Gasteiger partial charge is 0.357 e. The molecule has 1 fully saturated rings. The molecule has 1 aromatic carbocycles. The summed E-state index contributed by atoms with van der Waals surface area (Å²) in [6.45, 7) is 4.18. The number of urea groups is 1. The van der Waals surface area contributed by atoms with E-state index in [9.17, 15) is 9.59 Å². The molecule has 1 heterocycles. The van der Waals surface area contributed by atoms with Gasteiger partial charge in [0.1, 0.15) is 0 Å². The first-order valence-corrected chi connectivity index (χ1v) is 8.32. The van der Waals surface area contributed by atoms with Crippen LogP contribution < -0.4 is 16.0 Å². The van der Waals surface area contributed by atoms with Crippen LogP contribution in [0.3, 0.4) is 0 Å². The van der Waals surface area contributed by atoms with Crippen LogP contribution in [0.4, 0.5) is 4.79 Å². The quantitative estimate of drug-likeness (QED) is 0.240. The highest BCUT2D eigenvalue weighted by Crippen LogP contribution is 2.09. The smallest absolute Gasteiger partial charge is 0.324 e. The molecule has 7 nitrogen and oxygen atoms in total. The summed E-state index contributed by atoms with van der Waals surface area (Å²) >= 11 is 5.87. The highest BCUT2D eigenvalue weighted by Gasteiger charge is 2.27. The molecule has 0 bridgehead atoms. The number of benzene rings is 1. The first kappa shape index (κ1) is 21.5. The van der Waals surface area contributed by atoms with Crippen molar-refractivity contribution in [3.05, 3.63) is 34.9 Å². The number of amides is 3. The van der Waals surface area contributed by atoms with Gasteiger partial charge >= 0.3 is 6.03 Å². The maximum atomic E-state index is 11.5. The Hall–Kier alpha value is -1.55. The molecule has 0 spiro atoms. The van der Waals surface area contributed by atoms with Gasteiger partial charge in [0.2, 0.25) is 5.91 Å². The number of hydrogen-bond donors (Lipinski definition) is 3. The van der Waals surface area contributed by atoms with Gasteiger partial charge in [0.15, 0.2) is 5.96 Å². The number of halogens is 2. The van der Waals surface area contributed by atoms with Gasteiger partial charge in [-0.25, -0.2) is 4.79 Å². The summed E-state index contributed by atoms with van der Waals surface area (Å²) < 4.78 is 0. The van der Waals surface area contributed by atoms with Crippen molar-refractivity contribution in [2.45, 2.75) is 13.3 Å². The van der Waals surface area contributed by atoms with Gasteiger partial charge in [-0.1, -0.05) is 23.7 Å². The Balaban J connectivity index is 0.00000312. The van der Waals surface area contributed by atoms with Crippen LogP contribution in [0.5, 0.6) is 0 Å². The third-order valence-electron chi connectivity index (χ3n) is 3.49. The van der Waals surface area contributed by atoms with Crippen molar-refractivity contribution in [1.82, 2.24) is 20.9 Å². The van der Waals surface area contributed by atoms with Crippen LogP contribution in [-0.2, 0) is 11.2 Å². The molecule has 0 saturated carbocycles. The number of hydrogen-bond acceptors (Lipinski definition) is 3.